The predicted octanol–water partition coefficient (Wildman–Crippen LogP) is 29.4. The van der Waals surface area contributed by atoms with Crippen LogP contribution in [-0.2, 0) is 31.8 Å². The zero-order chi connectivity index (χ0) is 92.8. The molecule has 0 atom stereocenters. The third-order valence-electron chi connectivity index (χ3n) is 28.5. The van der Waals surface area contributed by atoms with Gasteiger partial charge in [0.1, 0.15) is 46.0 Å². The first-order chi connectivity index (χ1) is 65.8. The van der Waals surface area contributed by atoms with E-state index in [9.17, 15) is 19.2 Å². The van der Waals surface area contributed by atoms with E-state index in [0.717, 1.165) is 237 Å². The number of rotatable bonds is 57. The summed E-state index contributed by atoms with van der Waals surface area (Å²) in [7, 11) is 0. The van der Waals surface area contributed by atoms with E-state index in [2.05, 4.69) is 113 Å². The molecule has 0 unspecified atom stereocenters. The molecule has 134 heavy (non-hydrogen) atoms. The molecule has 2 aliphatic carbocycles. The van der Waals surface area contributed by atoms with Crippen molar-refractivity contribution in [1.29, 1.82) is 0 Å². The van der Waals surface area contributed by atoms with Crippen molar-refractivity contribution in [2.75, 3.05) is 79.3 Å². The maximum atomic E-state index is 14.9. The largest absolute Gasteiger partial charge is 0.494 e. The van der Waals surface area contributed by atoms with Gasteiger partial charge in [0.2, 0.25) is 0 Å². The van der Waals surface area contributed by atoms with Crippen molar-refractivity contribution in [1.82, 2.24) is 0 Å². The molecular formula is C118H146O16. The molecule has 14 rings (SSSR count). The average Bonchev–Trinajstić information content (AvgIpc) is 0.743. The number of carbonyl (C=O) groups excluding carboxylic acids is 4. The van der Waals surface area contributed by atoms with Crippen LogP contribution in [0.4, 0.5) is 0 Å². The number of hydrogen-bond acceptors (Lipinski definition) is 16. The summed E-state index contributed by atoms with van der Waals surface area (Å²) in [5.74, 6) is 4.83. The smallest absolute Gasteiger partial charge is 0.343 e. The van der Waals surface area contributed by atoms with Gasteiger partial charge in [0.25, 0.3) is 0 Å². The van der Waals surface area contributed by atoms with Crippen molar-refractivity contribution in [3.8, 4) is 57.1 Å². The van der Waals surface area contributed by atoms with Gasteiger partial charge >= 0.3 is 23.9 Å². The number of fused-ring (bicyclic) bond motifs is 2. The molecule has 0 amide bonds. The van der Waals surface area contributed by atoms with E-state index >= 15 is 0 Å². The minimum atomic E-state index is -0.655. The molecule has 714 valence electrons. The molecule has 16 nitrogen and oxygen atoms in total. The van der Waals surface area contributed by atoms with Gasteiger partial charge in [-0.25, -0.2) is 19.2 Å². The van der Waals surface area contributed by atoms with Crippen molar-refractivity contribution >= 4 is 45.4 Å². The molecule has 4 fully saturated rings. The summed E-state index contributed by atoms with van der Waals surface area (Å²) in [5, 5.41) is 3.38. The lowest BCUT2D eigenvalue weighted by molar-refractivity contribution is -0.150. The predicted molar refractivity (Wildman–Crippen MR) is 535 cm³/mol. The van der Waals surface area contributed by atoms with E-state index in [1.807, 2.05) is 24.3 Å². The monoisotopic (exact) mass is 1820 g/mol. The lowest BCUT2D eigenvalue weighted by Gasteiger charge is -2.40. The summed E-state index contributed by atoms with van der Waals surface area (Å²) in [4.78, 5) is 57.0. The first-order valence-electron chi connectivity index (χ1n) is 51.2. The normalized spacial score (nSPS) is 16.7. The van der Waals surface area contributed by atoms with Gasteiger partial charge in [-0.1, -0.05) is 190 Å². The number of carbonyl (C=O) groups is 4. The van der Waals surface area contributed by atoms with Crippen LogP contribution in [-0.4, -0.2) is 103 Å². The van der Waals surface area contributed by atoms with Crippen molar-refractivity contribution in [2.45, 2.75) is 271 Å². The van der Waals surface area contributed by atoms with Gasteiger partial charge in [0.15, 0.2) is 0 Å². The Morgan fingerprint density at radius 3 is 0.918 bits per heavy atom. The van der Waals surface area contributed by atoms with Crippen LogP contribution < -0.4 is 37.9 Å². The lowest BCUT2D eigenvalue weighted by Crippen LogP contribution is -2.45. The Balaban J connectivity index is 0.646. The molecular weight excluding hydrogens is 1670 g/mol. The Bertz CT molecular complexity index is 4890. The summed E-state index contributed by atoms with van der Waals surface area (Å²) >= 11 is 0. The Hall–Kier alpha value is -10.4. The molecule has 0 spiro atoms. The van der Waals surface area contributed by atoms with E-state index in [4.69, 9.17) is 56.8 Å². The van der Waals surface area contributed by atoms with Gasteiger partial charge in [0, 0.05) is 35.2 Å². The van der Waals surface area contributed by atoms with Crippen molar-refractivity contribution in [2.24, 2.45) is 22.7 Å². The minimum Gasteiger partial charge on any atom is -0.494 e. The SMILES string of the molecule is CCCCCC1CCC(c2ccc(OCCCCCCc3ccc4c(-c5c(OC(=O)c6ccc(OC(=O)c7ccc(OCCCCCCOCC8(CC)COC8)cc7)cc6)ccc6cc(CCCCCCOc7ccc(C8CCC(CCCCC)CC8)cc7)ccc56)c(OC(=O)c5ccc(OC(=O)c6ccc(OCCCCCCOCC7(CC)COC7)cc6)cc5)ccc4c3)cc2)CC1. The van der Waals surface area contributed by atoms with Crippen LogP contribution in [0.15, 0.2) is 206 Å². The molecule has 10 aromatic rings. The van der Waals surface area contributed by atoms with Gasteiger partial charge in [-0.2, -0.15) is 0 Å². The Morgan fingerprint density at radius 2 is 0.604 bits per heavy atom. The van der Waals surface area contributed by atoms with Crippen LogP contribution in [0.1, 0.15) is 322 Å². The highest BCUT2D eigenvalue weighted by molar-refractivity contribution is 6.11. The summed E-state index contributed by atoms with van der Waals surface area (Å²) in [6.45, 7) is 17.6. The fourth-order valence-electron chi connectivity index (χ4n) is 19.5. The maximum absolute atomic E-state index is 14.9. The second-order valence-corrected chi connectivity index (χ2v) is 38.6. The first-order valence-corrected chi connectivity index (χ1v) is 51.2. The molecule has 2 saturated carbocycles. The summed E-state index contributed by atoms with van der Waals surface area (Å²) in [6, 6.07) is 64.8. The summed E-state index contributed by atoms with van der Waals surface area (Å²) < 4.78 is 72.4. The van der Waals surface area contributed by atoms with E-state index in [0.29, 0.717) is 72.0 Å². The number of aryl methyl sites for hydroxylation is 2. The highest BCUT2D eigenvalue weighted by atomic mass is 16.6. The van der Waals surface area contributed by atoms with E-state index in [1.165, 1.54) is 114 Å². The fourth-order valence-corrected chi connectivity index (χ4v) is 19.5. The Morgan fingerprint density at radius 1 is 0.299 bits per heavy atom. The number of esters is 4. The number of unbranched alkanes of at least 4 members (excludes halogenated alkanes) is 16. The van der Waals surface area contributed by atoms with Crippen LogP contribution in [0.2, 0.25) is 0 Å². The number of benzene rings is 10. The number of ether oxygens (including phenoxy) is 12. The van der Waals surface area contributed by atoms with Gasteiger partial charge < -0.3 is 56.8 Å². The minimum absolute atomic E-state index is 0.202. The molecule has 2 heterocycles. The second-order valence-electron chi connectivity index (χ2n) is 38.6. The summed E-state index contributed by atoms with van der Waals surface area (Å²) in [6.07, 6.45) is 41.2. The standard InChI is InChI=1S/C118H146O16/c1-5-9-19-29-87-33-39-91(40-34-87)93-43-57-101(58-44-93)127-75-25-13-11-21-31-89-37-69-107-99(79-89)55-71-109(133-115(121)97-51-65-105(66-52-97)131-113(119)95-47-61-103(62-48-95)129-77-27-17-15-23-73-123-81-117(7-3)83-125-84-117)111(107)112-108-70-38-90(32-22-12-14-26-76-128-102-59-45-94(46-60-102)92-41-35-88(36-42-92)30-20-10-6-2)80-100(108)56-72-110(112)134-116(122)98-53-67-106(68-54-98)132-114(120)96-49-63-104(64-50-96)130-78-28-18-16-24-74-124-82-118(8-4)85-126-86-118/h37-38,43-72,79-80,87-88,91-92H,5-36,39-42,73-78,81-86H2,1-4H3. The second kappa shape index (κ2) is 52.7. The first kappa shape index (κ1) is 99.6. The third kappa shape index (κ3) is 29.8. The Labute approximate surface area is 797 Å². The molecule has 0 radical (unpaired) electrons. The molecule has 4 aliphatic rings. The third-order valence-corrected chi connectivity index (χ3v) is 28.5. The quantitative estimate of drug-likeness (QED) is 0.0199. The molecule has 10 aromatic carbocycles. The van der Waals surface area contributed by atoms with Crippen LogP contribution >= 0.6 is 0 Å². The maximum Gasteiger partial charge on any atom is 0.343 e. The zero-order valence-corrected chi connectivity index (χ0v) is 80.4. The Kier molecular flexibility index (Phi) is 39.1. The molecule has 2 aliphatic heterocycles. The van der Waals surface area contributed by atoms with Gasteiger partial charge in [-0.05, 0) is 342 Å². The fraction of sp³-hybridized carbons (Fsp3) is 0.492. The van der Waals surface area contributed by atoms with Crippen LogP contribution in [0.5, 0.6) is 46.0 Å². The van der Waals surface area contributed by atoms with E-state index in [-0.39, 0.29) is 45.0 Å². The highest BCUT2D eigenvalue weighted by Crippen LogP contribution is 2.48. The van der Waals surface area contributed by atoms with Crippen molar-refractivity contribution < 1.29 is 76.0 Å². The zero-order valence-electron chi connectivity index (χ0n) is 80.4. The van der Waals surface area contributed by atoms with Crippen molar-refractivity contribution in [3.63, 3.8) is 0 Å². The van der Waals surface area contributed by atoms with Crippen LogP contribution in [0.3, 0.4) is 0 Å². The molecule has 0 N–H and O–H groups in total. The summed E-state index contributed by atoms with van der Waals surface area (Å²) in [5.41, 5.74) is 7.85. The van der Waals surface area contributed by atoms with Crippen LogP contribution in [0, 0.1) is 22.7 Å². The van der Waals surface area contributed by atoms with E-state index in [1.54, 1.807) is 97.1 Å². The molecule has 2 saturated heterocycles. The van der Waals surface area contributed by atoms with Gasteiger partial charge in [0.05, 0.1) is 88.3 Å². The van der Waals surface area contributed by atoms with Crippen molar-refractivity contribution in [3.05, 3.63) is 251 Å². The molecule has 16 heteroatoms. The average molecular weight is 1820 g/mol. The topological polar surface area (TPSA) is 179 Å². The van der Waals surface area contributed by atoms with Gasteiger partial charge in [-0.15, -0.1) is 0 Å². The molecule has 0 bridgehead atoms. The molecule has 0 aromatic heterocycles. The number of hydrogen-bond donors (Lipinski definition) is 0. The van der Waals surface area contributed by atoms with Crippen LogP contribution in [0.25, 0.3) is 32.7 Å². The van der Waals surface area contributed by atoms with Gasteiger partial charge in [-0.3, -0.25) is 0 Å². The lowest BCUT2D eigenvalue weighted by atomic mass is 9.77. The van der Waals surface area contributed by atoms with E-state index < -0.39 is 23.9 Å². The highest BCUT2D eigenvalue weighted by Gasteiger charge is 2.38.